The minimum atomic E-state index is -0.658. The Labute approximate surface area is 202 Å². The highest BCUT2D eigenvalue weighted by molar-refractivity contribution is 7.20. The summed E-state index contributed by atoms with van der Waals surface area (Å²) in [7, 11) is 0. The predicted molar refractivity (Wildman–Crippen MR) is 130 cm³/mol. The van der Waals surface area contributed by atoms with Crippen LogP contribution in [0.5, 0.6) is 0 Å². The number of benzene rings is 1. The molecule has 1 N–H and O–H groups in total. The van der Waals surface area contributed by atoms with Gasteiger partial charge in [-0.3, -0.25) is 9.59 Å². The Morgan fingerprint density at radius 1 is 1.09 bits per heavy atom. The smallest absolute Gasteiger partial charge is 0.409 e. The maximum Gasteiger partial charge on any atom is 0.409 e. The zero-order chi connectivity index (χ0) is 24.2. The van der Waals surface area contributed by atoms with Gasteiger partial charge in [0.15, 0.2) is 5.13 Å². The van der Waals surface area contributed by atoms with Crippen LogP contribution in [-0.4, -0.2) is 76.1 Å². The summed E-state index contributed by atoms with van der Waals surface area (Å²) in [6.45, 7) is 7.55. The molecule has 0 spiro atoms. The number of ether oxygens (including phenoxy) is 1. The SMILES string of the molecule is CCOC(=O)N1CCN(C(=O)C(NC(=O)c2ccc3nc(-n4cccc4)sc3c2)C(C)C)CC1. The fourth-order valence-corrected chi connectivity index (χ4v) is 4.86. The van der Waals surface area contributed by atoms with Gasteiger partial charge in [-0.1, -0.05) is 25.2 Å². The first-order valence-corrected chi connectivity index (χ1v) is 12.2. The van der Waals surface area contributed by atoms with E-state index in [0.717, 1.165) is 15.3 Å². The van der Waals surface area contributed by atoms with E-state index in [4.69, 9.17) is 4.74 Å². The highest BCUT2D eigenvalue weighted by Crippen LogP contribution is 2.26. The second kappa shape index (κ2) is 10.3. The van der Waals surface area contributed by atoms with Crippen LogP contribution in [0, 0.1) is 5.92 Å². The number of carbonyl (C=O) groups is 3. The number of hydrogen-bond donors (Lipinski definition) is 1. The Morgan fingerprint density at radius 2 is 1.76 bits per heavy atom. The standard InChI is InChI=1S/C24H29N5O4S/c1-4-33-24(32)29-13-11-27(12-14-29)22(31)20(16(2)3)26-21(30)17-7-8-18-19(15-17)34-23(25-18)28-9-5-6-10-28/h5-10,15-16,20H,4,11-14H2,1-3H3,(H,26,30). The van der Waals surface area contributed by atoms with Crippen molar-refractivity contribution in [1.29, 1.82) is 0 Å². The van der Waals surface area contributed by atoms with E-state index in [2.05, 4.69) is 10.3 Å². The molecule has 1 fully saturated rings. The normalized spacial score (nSPS) is 14.9. The molecule has 0 aliphatic carbocycles. The van der Waals surface area contributed by atoms with Gasteiger partial charge in [0.05, 0.1) is 16.8 Å². The van der Waals surface area contributed by atoms with E-state index < -0.39 is 6.04 Å². The van der Waals surface area contributed by atoms with Gasteiger partial charge in [0, 0.05) is 44.1 Å². The molecule has 0 saturated carbocycles. The molecule has 1 aromatic carbocycles. The topological polar surface area (TPSA) is 96.8 Å². The number of amides is 3. The lowest BCUT2D eigenvalue weighted by atomic mass is 10.0. The fourth-order valence-electron chi connectivity index (χ4n) is 3.89. The summed E-state index contributed by atoms with van der Waals surface area (Å²) in [6.07, 6.45) is 3.50. The Hall–Kier alpha value is -3.40. The van der Waals surface area contributed by atoms with Crippen LogP contribution in [0.4, 0.5) is 4.79 Å². The maximum absolute atomic E-state index is 13.2. The number of hydrogen-bond acceptors (Lipinski definition) is 6. The largest absolute Gasteiger partial charge is 0.450 e. The van der Waals surface area contributed by atoms with E-state index in [-0.39, 0.29) is 23.8 Å². The molecule has 180 valence electrons. The molecule has 1 saturated heterocycles. The summed E-state index contributed by atoms with van der Waals surface area (Å²) in [4.78, 5) is 46.1. The fraction of sp³-hybridized carbons (Fsp3) is 0.417. The molecule has 3 heterocycles. The maximum atomic E-state index is 13.2. The molecule has 0 bridgehead atoms. The third-order valence-electron chi connectivity index (χ3n) is 5.80. The number of nitrogens with one attached hydrogen (secondary N) is 1. The number of nitrogens with zero attached hydrogens (tertiary/aromatic N) is 4. The van der Waals surface area contributed by atoms with Gasteiger partial charge in [0.2, 0.25) is 5.91 Å². The minimum absolute atomic E-state index is 0.0907. The molecule has 34 heavy (non-hydrogen) atoms. The Kier molecular flexibility index (Phi) is 7.16. The van der Waals surface area contributed by atoms with Gasteiger partial charge in [-0.15, -0.1) is 0 Å². The first-order chi connectivity index (χ1) is 16.4. The molecule has 10 heteroatoms. The number of rotatable bonds is 6. The van der Waals surface area contributed by atoms with Crippen molar-refractivity contribution in [3.05, 3.63) is 48.3 Å². The molecular formula is C24H29N5O4S. The lowest BCUT2D eigenvalue weighted by Crippen LogP contribution is -2.57. The molecule has 3 amide bonds. The van der Waals surface area contributed by atoms with Crippen LogP contribution in [0.25, 0.3) is 15.3 Å². The Morgan fingerprint density at radius 3 is 2.41 bits per heavy atom. The Balaban J connectivity index is 1.43. The number of piperazine rings is 1. The predicted octanol–water partition coefficient (Wildman–Crippen LogP) is 3.14. The van der Waals surface area contributed by atoms with Gasteiger partial charge in [-0.05, 0) is 43.2 Å². The van der Waals surface area contributed by atoms with E-state index in [0.29, 0.717) is 38.3 Å². The summed E-state index contributed by atoms with van der Waals surface area (Å²) in [6, 6.07) is 8.59. The molecule has 2 aromatic heterocycles. The number of aromatic nitrogens is 2. The monoisotopic (exact) mass is 483 g/mol. The first kappa shape index (κ1) is 23.7. The molecule has 3 aromatic rings. The van der Waals surface area contributed by atoms with Crippen LogP contribution in [0.2, 0.25) is 0 Å². The molecule has 1 aliphatic heterocycles. The average Bonchev–Trinajstić information content (AvgIpc) is 3.51. The average molecular weight is 484 g/mol. The molecule has 4 rings (SSSR count). The van der Waals surface area contributed by atoms with Gasteiger partial charge < -0.3 is 24.4 Å². The van der Waals surface area contributed by atoms with Crippen molar-refractivity contribution < 1.29 is 19.1 Å². The zero-order valence-corrected chi connectivity index (χ0v) is 20.4. The van der Waals surface area contributed by atoms with Crippen LogP contribution < -0.4 is 5.32 Å². The molecular weight excluding hydrogens is 454 g/mol. The van der Waals surface area contributed by atoms with Crippen molar-refractivity contribution in [2.75, 3.05) is 32.8 Å². The van der Waals surface area contributed by atoms with Gasteiger partial charge >= 0.3 is 6.09 Å². The lowest BCUT2D eigenvalue weighted by Gasteiger charge is -2.36. The van der Waals surface area contributed by atoms with Crippen LogP contribution in [0.15, 0.2) is 42.7 Å². The first-order valence-electron chi connectivity index (χ1n) is 11.4. The van der Waals surface area contributed by atoms with E-state index in [9.17, 15) is 14.4 Å². The number of carbonyl (C=O) groups excluding carboxylic acids is 3. The third kappa shape index (κ3) is 5.06. The summed E-state index contributed by atoms with van der Waals surface area (Å²) in [5.74, 6) is -0.525. The Bertz CT molecular complexity index is 1170. The van der Waals surface area contributed by atoms with Crippen molar-refractivity contribution in [3.63, 3.8) is 0 Å². The van der Waals surface area contributed by atoms with E-state index in [1.807, 2.05) is 55.1 Å². The molecule has 9 nitrogen and oxygen atoms in total. The summed E-state index contributed by atoms with van der Waals surface area (Å²) >= 11 is 1.50. The van der Waals surface area contributed by atoms with Crippen molar-refractivity contribution in [2.24, 2.45) is 5.92 Å². The zero-order valence-electron chi connectivity index (χ0n) is 19.6. The minimum Gasteiger partial charge on any atom is -0.450 e. The molecule has 0 radical (unpaired) electrons. The van der Waals surface area contributed by atoms with Gasteiger partial charge in [0.1, 0.15) is 6.04 Å². The van der Waals surface area contributed by atoms with Crippen molar-refractivity contribution >= 4 is 39.5 Å². The highest BCUT2D eigenvalue weighted by atomic mass is 32.1. The third-order valence-corrected chi connectivity index (χ3v) is 6.83. The quantitative estimate of drug-likeness (QED) is 0.581. The second-order valence-corrected chi connectivity index (χ2v) is 9.48. The van der Waals surface area contributed by atoms with Gasteiger partial charge in [0.25, 0.3) is 5.91 Å². The lowest BCUT2D eigenvalue weighted by molar-refractivity contribution is -0.135. The van der Waals surface area contributed by atoms with Crippen LogP contribution in [0.1, 0.15) is 31.1 Å². The van der Waals surface area contributed by atoms with Crippen molar-refractivity contribution in [2.45, 2.75) is 26.8 Å². The summed E-state index contributed by atoms with van der Waals surface area (Å²) < 4.78 is 7.87. The second-order valence-electron chi connectivity index (χ2n) is 8.48. The van der Waals surface area contributed by atoms with Crippen molar-refractivity contribution in [3.8, 4) is 5.13 Å². The molecule has 1 aliphatic rings. The number of thiazole rings is 1. The van der Waals surface area contributed by atoms with Crippen LogP contribution in [-0.2, 0) is 9.53 Å². The number of fused-ring (bicyclic) bond motifs is 1. The van der Waals surface area contributed by atoms with E-state index in [1.165, 1.54) is 11.3 Å². The van der Waals surface area contributed by atoms with E-state index in [1.54, 1.807) is 22.8 Å². The van der Waals surface area contributed by atoms with Gasteiger partial charge in [-0.25, -0.2) is 9.78 Å². The van der Waals surface area contributed by atoms with Crippen LogP contribution >= 0.6 is 11.3 Å². The van der Waals surface area contributed by atoms with Crippen LogP contribution in [0.3, 0.4) is 0 Å². The molecule has 1 atom stereocenters. The summed E-state index contributed by atoms with van der Waals surface area (Å²) in [5.41, 5.74) is 1.31. The van der Waals surface area contributed by atoms with E-state index >= 15 is 0 Å². The highest BCUT2D eigenvalue weighted by Gasteiger charge is 2.32. The van der Waals surface area contributed by atoms with Gasteiger partial charge in [-0.2, -0.15) is 0 Å². The summed E-state index contributed by atoms with van der Waals surface area (Å²) in [5, 5.41) is 3.76. The molecule has 1 unspecified atom stereocenters. The van der Waals surface area contributed by atoms with Crippen molar-refractivity contribution in [1.82, 2.24) is 24.7 Å².